The summed E-state index contributed by atoms with van der Waals surface area (Å²) >= 11 is 0. The predicted octanol–water partition coefficient (Wildman–Crippen LogP) is 3.48. The number of aromatic nitrogens is 2. The quantitative estimate of drug-likeness (QED) is 0.722. The van der Waals surface area contributed by atoms with Crippen molar-refractivity contribution in [3.63, 3.8) is 0 Å². The average molecular weight is 426 g/mol. The Hall–Kier alpha value is -3.56. The fourth-order valence-corrected chi connectivity index (χ4v) is 4.17. The van der Waals surface area contributed by atoms with Gasteiger partial charge in [-0.05, 0) is 38.0 Å². The number of carboxylic acids is 1. The van der Waals surface area contributed by atoms with E-state index in [0.29, 0.717) is 35.4 Å². The van der Waals surface area contributed by atoms with Gasteiger partial charge in [0, 0.05) is 13.6 Å². The topological polar surface area (TPSA) is 111 Å². The van der Waals surface area contributed by atoms with Gasteiger partial charge in [0.25, 0.3) is 0 Å². The summed E-state index contributed by atoms with van der Waals surface area (Å²) in [4.78, 5) is 34.8. The number of nitrogens with one attached hydrogen (secondary N) is 1. The van der Waals surface area contributed by atoms with Gasteiger partial charge in [-0.3, -0.25) is 9.91 Å². The lowest BCUT2D eigenvalue weighted by atomic mass is 10.2. The van der Waals surface area contributed by atoms with E-state index in [1.54, 1.807) is 29.2 Å². The number of anilines is 4. The fraction of sp³-hybridized carbons (Fsp3) is 0.429. The lowest BCUT2D eigenvalue weighted by molar-refractivity contribution is 0.0696. The maximum atomic E-state index is 12.9. The van der Waals surface area contributed by atoms with Crippen LogP contribution in [-0.2, 0) is 0 Å². The molecule has 1 aromatic carbocycles. The van der Waals surface area contributed by atoms with E-state index in [1.165, 1.54) is 19.2 Å². The zero-order chi connectivity index (χ0) is 22.1. The van der Waals surface area contributed by atoms with Crippen LogP contribution in [0.25, 0.3) is 0 Å². The molecule has 31 heavy (non-hydrogen) atoms. The van der Waals surface area contributed by atoms with Crippen molar-refractivity contribution in [1.29, 1.82) is 0 Å². The molecule has 0 saturated heterocycles. The molecule has 2 aromatic rings. The van der Waals surface area contributed by atoms with Gasteiger partial charge in [0.05, 0.1) is 30.6 Å². The Morgan fingerprint density at radius 3 is 2.71 bits per heavy atom. The molecule has 2 aliphatic rings. The molecule has 2 amide bonds. The molecule has 0 bridgehead atoms. The van der Waals surface area contributed by atoms with Gasteiger partial charge >= 0.3 is 12.0 Å². The lowest BCUT2D eigenvalue weighted by Crippen LogP contribution is -2.59. The third-order valence-electron chi connectivity index (χ3n) is 5.76. The third kappa shape index (κ3) is 3.69. The zero-order valence-corrected chi connectivity index (χ0v) is 17.8. The number of nitrogens with zero attached hydrogens (tertiary/aromatic N) is 5. The highest BCUT2D eigenvalue weighted by molar-refractivity contribution is 5.98. The largest absolute Gasteiger partial charge is 0.495 e. The standard InChI is InChI=1S/C21H26N6O4/c1-4-26-21(30)25(2)16-12-22-20(24-18(16)27(26)14-7-5-6-8-14)23-15-10-9-13(19(28)29)11-17(15)31-3/h9-12,14H,4-8H2,1-3H3,(H,28,29)(H,22,23,24). The van der Waals surface area contributed by atoms with Crippen molar-refractivity contribution in [2.24, 2.45) is 0 Å². The Morgan fingerprint density at radius 2 is 2.06 bits per heavy atom. The molecular formula is C21H26N6O4. The van der Waals surface area contributed by atoms with Crippen LogP contribution in [0.3, 0.4) is 0 Å². The summed E-state index contributed by atoms with van der Waals surface area (Å²) in [6.45, 7) is 2.49. The van der Waals surface area contributed by atoms with Crippen LogP contribution < -0.4 is 20.0 Å². The van der Waals surface area contributed by atoms with Crippen molar-refractivity contribution in [1.82, 2.24) is 15.0 Å². The molecule has 4 rings (SSSR count). The van der Waals surface area contributed by atoms with Crippen molar-refractivity contribution < 1.29 is 19.4 Å². The molecule has 10 nitrogen and oxygen atoms in total. The minimum absolute atomic E-state index is 0.0999. The van der Waals surface area contributed by atoms with E-state index < -0.39 is 5.97 Å². The summed E-state index contributed by atoms with van der Waals surface area (Å²) in [6, 6.07) is 4.66. The number of benzene rings is 1. The molecule has 10 heteroatoms. The summed E-state index contributed by atoms with van der Waals surface area (Å²) in [5.74, 6) is 0.349. The van der Waals surface area contributed by atoms with Crippen LogP contribution in [-0.4, -0.2) is 58.8 Å². The Morgan fingerprint density at radius 1 is 1.32 bits per heavy atom. The molecule has 1 saturated carbocycles. The number of carbonyl (C=O) groups excluding carboxylic acids is 1. The molecule has 0 spiro atoms. The number of fused-ring (bicyclic) bond motifs is 1. The van der Waals surface area contributed by atoms with E-state index in [1.807, 2.05) is 11.9 Å². The summed E-state index contributed by atoms with van der Waals surface area (Å²) in [6.07, 6.45) is 5.90. The number of hydrazine groups is 1. The number of amides is 2. The summed E-state index contributed by atoms with van der Waals surface area (Å²) in [5.41, 5.74) is 1.33. The van der Waals surface area contributed by atoms with Gasteiger partial charge in [-0.15, -0.1) is 0 Å². The van der Waals surface area contributed by atoms with Crippen LogP contribution in [0.1, 0.15) is 43.0 Å². The zero-order valence-electron chi connectivity index (χ0n) is 17.8. The highest BCUT2D eigenvalue weighted by Gasteiger charge is 2.39. The first-order valence-electron chi connectivity index (χ1n) is 10.3. The van der Waals surface area contributed by atoms with E-state index in [0.717, 1.165) is 25.7 Å². The Labute approximate surface area is 180 Å². The molecule has 1 fully saturated rings. The van der Waals surface area contributed by atoms with Gasteiger partial charge in [0.15, 0.2) is 5.82 Å². The molecule has 0 unspecified atom stereocenters. The first-order valence-corrected chi connectivity index (χ1v) is 10.3. The first-order chi connectivity index (χ1) is 14.9. The second-order valence-electron chi connectivity index (χ2n) is 7.59. The van der Waals surface area contributed by atoms with Crippen molar-refractivity contribution in [2.45, 2.75) is 38.6 Å². The molecule has 0 radical (unpaired) electrons. The maximum Gasteiger partial charge on any atom is 0.343 e. The Bertz CT molecular complexity index is 1010. The Kier molecular flexibility index (Phi) is 5.53. The predicted molar refractivity (Wildman–Crippen MR) is 116 cm³/mol. The SMILES string of the molecule is CCN1C(=O)N(C)c2cnc(Nc3ccc(C(=O)O)cc3OC)nc2N1C1CCCC1. The van der Waals surface area contributed by atoms with Gasteiger partial charge in [0.2, 0.25) is 5.95 Å². The smallest absolute Gasteiger partial charge is 0.343 e. The molecule has 0 atom stereocenters. The van der Waals surface area contributed by atoms with Crippen molar-refractivity contribution in [2.75, 3.05) is 35.9 Å². The fourth-order valence-electron chi connectivity index (χ4n) is 4.17. The summed E-state index contributed by atoms with van der Waals surface area (Å²) in [5, 5.41) is 16.1. The number of hydrogen-bond acceptors (Lipinski definition) is 7. The number of carbonyl (C=O) groups is 2. The summed E-state index contributed by atoms with van der Waals surface area (Å²) < 4.78 is 5.34. The van der Waals surface area contributed by atoms with Gasteiger partial charge in [-0.25, -0.2) is 19.6 Å². The molecule has 1 aliphatic heterocycles. The molecular weight excluding hydrogens is 400 g/mol. The van der Waals surface area contributed by atoms with Crippen LogP contribution in [0.15, 0.2) is 24.4 Å². The van der Waals surface area contributed by atoms with Crippen LogP contribution in [0, 0.1) is 0 Å². The molecule has 1 aromatic heterocycles. The molecule has 1 aliphatic carbocycles. The van der Waals surface area contributed by atoms with E-state index in [-0.39, 0.29) is 17.6 Å². The average Bonchev–Trinajstić information content (AvgIpc) is 3.30. The number of carboxylic acid groups (broad SMARTS) is 1. The minimum atomic E-state index is -1.03. The number of urea groups is 1. The van der Waals surface area contributed by atoms with Crippen LogP contribution >= 0.6 is 0 Å². The van der Waals surface area contributed by atoms with E-state index in [4.69, 9.17) is 9.72 Å². The highest BCUT2D eigenvalue weighted by atomic mass is 16.5. The normalized spacial score (nSPS) is 16.5. The minimum Gasteiger partial charge on any atom is -0.495 e. The van der Waals surface area contributed by atoms with Gasteiger partial charge < -0.3 is 15.2 Å². The van der Waals surface area contributed by atoms with Crippen molar-refractivity contribution in [3.05, 3.63) is 30.0 Å². The number of rotatable bonds is 6. The van der Waals surface area contributed by atoms with Crippen LogP contribution in [0.4, 0.5) is 27.9 Å². The van der Waals surface area contributed by atoms with E-state index in [2.05, 4.69) is 10.3 Å². The monoisotopic (exact) mass is 426 g/mol. The maximum absolute atomic E-state index is 12.9. The molecule has 2 heterocycles. The van der Waals surface area contributed by atoms with Crippen LogP contribution in [0.2, 0.25) is 0 Å². The second-order valence-corrected chi connectivity index (χ2v) is 7.59. The molecule has 164 valence electrons. The second kappa shape index (κ2) is 8.29. The van der Waals surface area contributed by atoms with Gasteiger partial charge in [0.1, 0.15) is 11.4 Å². The van der Waals surface area contributed by atoms with E-state index >= 15 is 0 Å². The number of hydrogen-bond donors (Lipinski definition) is 2. The van der Waals surface area contributed by atoms with E-state index in [9.17, 15) is 14.7 Å². The van der Waals surface area contributed by atoms with Gasteiger partial charge in [-0.1, -0.05) is 12.8 Å². The van der Waals surface area contributed by atoms with Crippen molar-refractivity contribution >= 4 is 35.1 Å². The number of ether oxygens (including phenoxy) is 1. The van der Waals surface area contributed by atoms with Crippen LogP contribution in [0.5, 0.6) is 5.75 Å². The summed E-state index contributed by atoms with van der Waals surface area (Å²) in [7, 11) is 3.20. The lowest BCUT2D eigenvalue weighted by Gasteiger charge is -2.45. The van der Waals surface area contributed by atoms with Gasteiger partial charge in [-0.2, -0.15) is 4.98 Å². The Balaban J connectivity index is 1.72. The first kappa shape index (κ1) is 20.7. The third-order valence-corrected chi connectivity index (χ3v) is 5.76. The number of aromatic carboxylic acids is 1. The van der Waals surface area contributed by atoms with Crippen molar-refractivity contribution in [3.8, 4) is 5.75 Å². The highest BCUT2D eigenvalue weighted by Crippen LogP contribution is 2.39. The number of methoxy groups -OCH3 is 1. The molecule has 2 N–H and O–H groups in total.